The van der Waals surface area contributed by atoms with Crippen molar-refractivity contribution in [1.82, 2.24) is 4.90 Å². The minimum Gasteiger partial charge on any atom is -0.370 e. The van der Waals surface area contributed by atoms with E-state index in [9.17, 15) is 23.2 Å². The molecule has 2 rings (SSSR count). The van der Waals surface area contributed by atoms with Crippen molar-refractivity contribution in [2.24, 2.45) is 17.1 Å². The topological polar surface area (TPSA) is 105 Å². The van der Waals surface area contributed by atoms with Crippen molar-refractivity contribution < 1.29 is 27.9 Å². The van der Waals surface area contributed by atoms with Crippen molar-refractivity contribution in [1.29, 1.82) is 0 Å². The second-order valence-electron chi connectivity index (χ2n) is 9.85. The second-order valence-corrected chi connectivity index (χ2v) is 9.85. The monoisotopic (exact) mass is 468 g/mol. The Balaban J connectivity index is 2.32. The molecule has 3 N–H and O–H groups in total. The van der Waals surface area contributed by atoms with E-state index in [1.807, 2.05) is 34.6 Å². The predicted molar refractivity (Wildman–Crippen MR) is 122 cm³/mol. The van der Waals surface area contributed by atoms with Gasteiger partial charge in [0.15, 0.2) is 6.04 Å². The molecule has 1 atom stereocenters. The summed E-state index contributed by atoms with van der Waals surface area (Å²) in [5.74, 6) is -1.76. The van der Waals surface area contributed by atoms with Gasteiger partial charge in [0.25, 0.3) is 18.2 Å². The van der Waals surface area contributed by atoms with Crippen molar-refractivity contribution in [3.05, 3.63) is 23.8 Å². The van der Waals surface area contributed by atoms with Crippen LogP contribution in [-0.2, 0) is 19.1 Å². The van der Waals surface area contributed by atoms with Gasteiger partial charge < -0.3 is 20.7 Å². The first-order chi connectivity index (χ1) is 15.3. The average Bonchev–Trinajstić information content (AvgIpc) is 2.66. The highest BCUT2D eigenvalue weighted by atomic mass is 19.3. The molecule has 33 heavy (non-hydrogen) atoms. The standard InChI is InChI=1S/C23H34F2N4O4/c1-14(2)11-28(13-23(3,4)5)19(21(26)31)22(32)27-15-6-7-17(16(10-15)20(24)25)29-8-9-33-12-18(29)30/h6-7,10,14,19-20H,8-9,11-13H2,1-5H3,(H2,26,31)(H,27,32)/t19-/m0/s1. The molecule has 1 aliphatic rings. The molecule has 0 spiro atoms. The van der Waals surface area contributed by atoms with E-state index in [0.29, 0.717) is 13.1 Å². The fraction of sp³-hybridized carbons (Fsp3) is 0.609. The van der Waals surface area contributed by atoms with E-state index in [2.05, 4.69) is 5.32 Å². The van der Waals surface area contributed by atoms with Crippen LogP contribution in [0.1, 0.15) is 46.6 Å². The number of primary amides is 1. The molecule has 0 aliphatic carbocycles. The Morgan fingerprint density at radius 3 is 2.45 bits per heavy atom. The molecule has 1 fully saturated rings. The maximum Gasteiger partial charge on any atom is 0.265 e. The molecule has 1 aromatic carbocycles. The summed E-state index contributed by atoms with van der Waals surface area (Å²) in [5.41, 5.74) is 5.13. The molecule has 0 radical (unpaired) electrons. The highest BCUT2D eigenvalue weighted by molar-refractivity contribution is 6.09. The number of rotatable bonds is 9. The van der Waals surface area contributed by atoms with Crippen LogP contribution < -0.4 is 16.0 Å². The third-order valence-electron chi connectivity index (χ3n) is 4.97. The summed E-state index contributed by atoms with van der Waals surface area (Å²) in [5, 5.41) is 2.56. The van der Waals surface area contributed by atoms with Gasteiger partial charge in [-0.25, -0.2) is 8.78 Å². The first-order valence-corrected chi connectivity index (χ1v) is 10.9. The molecule has 0 saturated carbocycles. The first kappa shape index (κ1) is 26.7. The third-order valence-corrected chi connectivity index (χ3v) is 4.97. The van der Waals surface area contributed by atoms with Gasteiger partial charge in [-0.2, -0.15) is 0 Å². The molecule has 0 aromatic heterocycles. The smallest absolute Gasteiger partial charge is 0.265 e. The number of benzene rings is 1. The number of nitrogens with one attached hydrogen (secondary N) is 1. The van der Waals surface area contributed by atoms with Gasteiger partial charge in [-0.15, -0.1) is 0 Å². The van der Waals surface area contributed by atoms with Crippen molar-refractivity contribution in [2.45, 2.75) is 47.1 Å². The molecule has 1 aromatic rings. The number of halogens is 2. The lowest BCUT2D eigenvalue weighted by atomic mass is 9.94. The number of nitrogens with zero attached hydrogens (tertiary/aromatic N) is 2. The van der Waals surface area contributed by atoms with Crippen molar-refractivity contribution in [2.75, 3.05) is 43.1 Å². The zero-order chi connectivity index (χ0) is 24.9. The number of anilines is 2. The summed E-state index contributed by atoms with van der Waals surface area (Å²) in [6.07, 6.45) is -2.88. The third kappa shape index (κ3) is 7.46. The summed E-state index contributed by atoms with van der Waals surface area (Å²) in [6.45, 7) is 11.0. The number of morpholine rings is 1. The lowest BCUT2D eigenvalue weighted by Crippen LogP contribution is -2.55. The molecule has 184 valence electrons. The van der Waals surface area contributed by atoms with Crippen LogP contribution in [-0.4, -0.2) is 61.5 Å². The SMILES string of the molecule is CC(C)CN(CC(C)(C)C)[C@@H](C(N)=O)C(=O)Nc1ccc(N2CCOCC2=O)c(C(F)F)c1. The first-order valence-electron chi connectivity index (χ1n) is 10.9. The number of alkyl halides is 2. The van der Waals surface area contributed by atoms with Crippen LogP contribution in [0, 0.1) is 11.3 Å². The van der Waals surface area contributed by atoms with Crippen molar-refractivity contribution in [3.63, 3.8) is 0 Å². The Bertz CT molecular complexity index is 871. The number of hydrogen-bond acceptors (Lipinski definition) is 5. The van der Waals surface area contributed by atoms with Crippen LogP contribution in [0.2, 0.25) is 0 Å². The fourth-order valence-corrected chi connectivity index (χ4v) is 3.85. The number of amides is 3. The van der Waals surface area contributed by atoms with E-state index in [0.717, 1.165) is 6.07 Å². The molecule has 8 nitrogen and oxygen atoms in total. The van der Waals surface area contributed by atoms with Crippen LogP contribution in [0.15, 0.2) is 18.2 Å². The number of carbonyl (C=O) groups excluding carboxylic acids is 3. The fourth-order valence-electron chi connectivity index (χ4n) is 3.85. The van der Waals surface area contributed by atoms with Crippen LogP contribution >= 0.6 is 0 Å². The summed E-state index contributed by atoms with van der Waals surface area (Å²) >= 11 is 0. The molecule has 10 heteroatoms. The van der Waals surface area contributed by atoms with Gasteiger partial charge in [0.2, 0.25) is 5.91 Å². The summed E-state index contributed by atoms with van der Waals surface area (Å²) in [4.78, 5) is 40.4. The van der Waals surface area contributed by atoms with E-state index >= 15 is 0 Å². The summed E-state index contributed by atoms with van der Waals surface area (Å²) < 4.78 is 32.7. The van der Waals surface area contributed by atoms with Crippen LogP contribution in [0.5, 0.6) is 0 Å². The molecule has 1 heterocycles. The molecule has 0 unspecified atom stereocenters. The Hall–Kier alpha value is -2.59. The largest absolute Gasteiger partial charge is 0.370 e. The van der Waals surface area contributed by atoms with Gasteiger partial charge in [-0.1, -0.05) is 34.6 Å². The normalized spacial score (nSPS) is 15.9. The maximum absolute atomic E-state index is 13.8. The quantitative estimate of drug-likeness (QED) is 0.543. The number of carbonyl (C=O) groups is 3. The highest BCUT2D eigenvalue weighted by Gasteiger charge is 2.34. The second kappa shape index (κ2) is 11.0. The predicted octanol–water partition coefficient (Wildman–Crippen LogP) is 2.78. The average molecular weight is 469 g/mol. The van der Waals surface area contributed by atoms with Crippen molar-refractivity contribution in [3.8, 4) is 0 Å². The molecule has 1 saturated heterocycles. The molecule has 1 aliphatic heterocycles. The van der Waals surface area contributed by atoms with E-state index < -0.39 is 35.8 Å². The number of ether oxygens (including phenoxy) is 1. The zero-order valence-corrected chi connectivity index (χ0v) is 19.9. The number of nitrogens with two attached hydrogens (primary N) is 1. The van der Waals surface area contributed by atoms with Gasteiger partial charge in [-0.3, -0.25) is 19.3 Å². The van der Waals surface area contributed by atoms with E-state index in [4.69, 9.17) is 10.5 Å². The Morgan fingerprint density at radius 2 is 1.94 bits per heavy atom. The molecule has 0 bridgehead atoms. The molecule has 3 amide bonds. The zero-order valence-electron chi connectivity index (χ0n) is 19.9. The van der Waals surface area contributed by atoms with Gasteiger partial charge in [0.05, 0.1) is 12.3 Å². The Morgan fingerprint density at radius 1 is 1.27 bits per heavy atom. The maximum atomic E-state index is 13.8. The van der Waals surface area contributed by atoms with Gasteiger partial charge in [0, 0.05) is 30.9 Å². The van der Waals surface area contributed by atoms with Crippen LogP contribution in [0.3, 0.4) is 0 Å². The number of hydrogen-bond donors (Lipinski definition) is 2. The highest BCUT2D eigenvalue weighted by Crippen LogP contribution is 2.33. The van der Waals surface area contributed by atoms with E-state index in [-0.39, 0.29) is 42.5 Å². The summed E-state index contributed by atoms with van der Waals surface area (Å²) in [6, 6.07) is 2.65. The Kier molecular flexibility index (Phi) is 8.90. The van der Waals surface area contributed by atoms with Gasteiger partial charge in [-0.05, 0) is 29.5 Å². The summed E-state index contributed by atoms with van der Waals surface area (Å²) in [7, 11) is 0. The van der Waals surface area contributed by atoms with Crippen molar-refractivity contribution >= 4 is 29.1 Å². The lowest BCUT2D eigenvalue weighted by molar-refractivity contribution is -0.133. The van der Waals surface area contributed by atoms with Crippen LogP contribution in [0.25, 0.3) is 0 Å². The van der Waals surface area contributed by atoms with E-state index in [1.54, 1.807) is 4.90 Å². The minimum atomic E-state index is -2.88. The van der Waals surface area contributed by atoms with Crippen LogP contribution in [0.4, 0.5) is 20.2 Å². The van der Waals surface area contributed by atoms with Gasteiger partial charge >= 0.3 is 0 Å². The lowest BCUT2D eigenvalue weighted by Gasteiger charge is -2.35. The molecular formula is C23H34F2N4O4. The Labute approximate surface area is 193 Å². The van der Waals surface area contributed by atoms with E-state index in [1.165, 1.54) is 17.0 Å². The minimum absolute atomic E-state index is 0.0666. The molecular weight excluding hydrogens is 434 g/mol. The van der Waals surface area contributed by atoms with Gasteiger partial charge in [0.1, 0.15) is 6.61 Å².